The minimum absolute atomic E-state index is 0.0983. The molecular weight excluding hydrogens is 244 g/mol. The first-order chi connectivity index (χ1) is 9.06. The van der Waals surface area contributed by atoms with Crippen LogP contribution < -0.4 is 0 Å². The maximum atomic E-state index is 12.4. The summed E-state index contributed by atoms with van der Waals surface area (Å²) in [6, 6.07) is -0.508. The largest absolute Gasteiger partial charge is 0.465 e. The molecule has 1 amide bonds. The Kier molecular flexibility index (Phi) is 6.28. The smallest absolute Gasteiger partial charge is 0.323 e. The standard InChI is InChI=1S/C14H26N2O3/c1-5-15(6-2)13(17)11(4)16-10-8-9-12(16)14(18)19-7-3/h11-12H,5-10H2,1-4H3. The van der Waals surface area contributed by atoms with Gasteiger partial charge in [0.1, 0.15) is 6.04 Å². The number of hydrogen-bond acceptors (Lipinski definition) is 4. The van der Waals surface area contributed by atoms with Crippen LogP contribution >= 0.6 is 0 Å². The van der Waals surface area contributed by atoms with Crippen LogP contribution in [0.25, 0.3) is 0 Å². The zero-order valence-corrected chi connectivity index (χ0v) is 12.5. The molecule has 5 nitrogen and oxygen atoms in total. The second-order valence-corrected chi connectivity index (χ2v) is 4.83. The van der Waals surface area contributed by atoms with Crippen LogP contribution in [0.2, 0.25) is 0 Å². The Labute approximate surface area is 115 Å². The molecule has 0 radical (unpaired) electrons. The summed E-state index contributed by atoms with van der Waals surface area (Å²) < 4.78 is 5.09. The highest BCUT2D eigenvalue weighted by Crippen LogP contribution is 2.22. The first kappa shape index (κ1) is 16.0. The number of hydrogen-bond donors (Lipinski definition) is 0. The highest BCUT2D eigenvalue weighted by Gasteiger charge is 2.38. The van der Waals surface area contributed by atoms with E-state index in [-0.39, 0.29) is 24.0 Å². The summed E-state index contributed by atoms with van der Waals surface area (Å²) in [5.74, 6) is -0.0969. The number of amides is 1. The van der Waals surface area contributed by atoms with Crippen molar-refractivity contribution in [3.8, 4) is 0 Å². The summed E-state index contributed by atoms with van der Waals surface area (Å²) in [6.07, 6.45) is 1.73. The zero-order chi connectivity index (χ0) is 14.4. The molecule has 1 aliphatic rings. The van der Waals surface area contributed by atoms with E-state index in [0.29, 0.717) is 19.7 Å². The summed E-state index contributed by atoms with van der Waals surface area (Å²) in [5, 5.41) is 0. The summed E-state index contributed by atoms with van der Waals surface area (Å²) in [6.45, 7) is 10.2. The van der Waals surface area contributed by atoms with Gasteiger partial charge in [0, 0.05) is 13.1 Å². The second kappa shape index (κ2) is 7.48. The fourth-order valence-electron chi connectivity index (χ4n) is 2.69. The van der Waals surface area contributed by atoms with Crippen LogP contribution in [0.5, 0.6) is 0 Å². The molecule has 0 bridgehead atoms. The molecule has 5 heteroatoms. The van der Waals surface area contributed by atoms with Crippen LogP contribution in [0.3, 0.4) is 0 Å². The summed E-state index contributed by atoms with van der Waals surface area (Å²) in [4.78, 5) is 28.0. The van der Waals surface area contributed by atoms with Gasteiger partial charge in [0.2, 0.25) is 5.91 Å². The predicted molar refractivity (Wildman–Crippen MR) is 73.8 cm³/mol. The van der Waals surface area contributed by atoms with Gasteiger partial charge in [-0.2, -0.15) is 0 Å². The van der Waals surface area contributed by atoms with Crippen molar-refractivity contribution in [1.82, 2.24) is 9.80 Å². The van der Waals surface area contributed by atoms with Crippen molar-refractivity contribution in [3.63, 3.8) is 0 Å². The Hall–Kier alpha value is -1.10. The van der Waals surface area contributed by atoms with Gasteiger partial charge in [-0.15, -0.1) is 0 Å². The minimum atomic E-state index is -0.255. The average Bonchev–Trinajstić information content (AvgIpc) is 2.88. The topological polar surface area (TPSA) is 49.9 Å². The van der Waals surface area contributed by atoms with E-state index in [1.807, 2.05) is 37.5 Å². The van der Waals surface area contributed by atoms with Gasteiger partial charge >= 0.3 is 5.97 Å². The maximum absolute atomic E-state index is 12.4. The van der Waals surface area contributed by atoms with Crippen LogP contribution in [0.15, 0.2) is 0 Å². The molecule has 2 atom stereocenters. The Morgan fingerprint density at radius 3 is 2.47 bits per heavy atom. The molecule has 0 aliphatic carbocycles. The summed E-state index contributed by atoms with van der Waals surface area (Å²) >= 11 is 0. The molecule has 1 aliphatic heterocycles. The van der Waals surface area contributed by atoms with Crippen molar-refractivity contribution in [2.24, 2.45) is 0 Å². The van der Waals surface area contributed by atoms with Gasteiger partial charge in [-0.3, -0.25) is 14.5 Å². The van der Waals surface area contributed by atoms with Crippen molar-refractivity contribution in [3.05, 3.63) is 0 Å². The third kappa shape index (κ3) is 3.69. The molecular formula is C14H26N2O3. The van der Waals surface area contributed by atoms with Gasteiger partial charge in [-0.1, -0.05) is 0 Å². The molecule has 1 heterocycles. The third-order valence-corrected chi connectivity index (χ3v) is 3.78. The van der Waals surface area contributed by atoms with Gasteiger partial charge in [0.05, 0.1) is 12.6 Å². The number of rotatable bonds is 6. The van der Waals surface area contributed by atoms with E-state index in [4.69, 9.17) is 4.74 Å². The highest BCUT2D eigenvalue weighted by atomic mass is 16.5. The van der Waals surface area contributed by atoms with Crippen molar-refractivity contribution in [2.45, 2.75) is 52.6 Å². The van der Waals surface area contributed by atoms with Gasteiger partial charge in [0.25, 0.3) is 0 Å². The second-order valence-electron chi connectivity index (χ2n) is 4.83. The van der Waals surface area contributed by atoms with Crippen molar-refractivity contribution in [1.29, 1.82) is 0 Å². The van der Waals surface area contributed by atoms with E-state index in [1.54, 1.807) is 0 Å². The van der Waals surface area contributed by atoms with Gasteiger partial charge in [0.15, 0.2) is 0 Å². The fraction of sp³-hybridized carbons (Fsp3) is 0.857. The first-order valence-corrected chi connectivity index (χ1v) is 7.27. The minimum Gasteiger partial charge on any atom is -0.465 e. The molecule has 1 saturated heterocycles. The molecule has 0 aromatic heterocycles. The van der Waals surface area contributed by atoms with E-state index in [9.17, 15) is 9.59 Å². The van der Waals surface area contributed by atoms with Crippen LogP contribution in [-0.4, -0.2) is 60.0 Å². The Morgan fingerprint density at radius 2 is 1.95 bits per heavy atom. The van der Waals surface area contributed by atoms with Crippen LogP contribution in [0, 0.1) is 0 Å². The molecule has 2 unspecified atom stereocenters. The lowest BCUT2D eigenvalue weighted by Gasteiger charge is -2.32. The van der Waals surface area contributed by atoms with E-state index < -0.39 is 0 Å². The van der Waals surface area contributed by atoms with E-state index in [0.717, 1.165) is 19.4 Å². The van der Waals surface area contributed by atoms with Crippen LogP contribution in [-0.2, 0) is 14.3 Å². The molecule has 19 heavy (non-hydrogen) atoms. The number of ether oxygens (including phenoxy) is 1. The number of likely N-dealkylation sites (tertiary alicyclic amines) is 1. The Morgan fingerprint density at radius 1 is 1.32 bits per heavy atom. The third-order valence-electron chi connectivity index (χ3n) is 3.78. The summed E-state index contributed by atoms with van der Waals surface area (Å²) in [7, 11) is 0. The predicted octanol–water partition coefficient (Wildman–Crippen LogP) is 1.27. The fourth-order valence-corrected chi connectivity index (χ4v) is 2.69. The zero-order valence-electron chi connectivity index (χ0n) is 12.5. The van der Waals surface area contributed by atoms with E-state index in [2.05, 4.69) is 0 Å². The average molecular weight is 270 g/mol. The number of esters is 1. The molecule has 0 aromatic rings. The normalized spacial score (nSPS) is 21.2. The monoisotopic (exact) mass is 270 g/mol. The molecule has 0 spiro atoms. The molecule has 1 rings (SSSR count). The number of nitrogens with zero attached hydrogens (tertiary/aromatic N) is 2. The van der Waals surface area contributed by atoms with Crippen LogP contribution in [0.4, 0.5) is 0 Å². The molecule has 0 aromatic carbocycles. The SMILES string of the molecule is CCOC(=O)C1CCCN1C(C)C(=O)N(CC)CC. The van der Waals surface area contributed by atoms with Gasteiger partial charge < -0.3 is 9.64 Å². The maximum Gasteiger partial charge on any atom is 0.323 e. The van der Waals surface area contributed by atoms with Crippen molar-refractivity contribution in [2.75, 3.05) is 26.2 Å². The Bertz CT molecular complexity index is 316. The highest BCUT2D eigenvalue weighted by molar-refractivity contribution is 5.83. The lowest BCUT2D eigenvalue weighted by molar-refractivity contribution is -0.150. The Balaban J connectivity index is 2.71. The number of carbonyl (C=O) groups excluding carboxylic acids is 2. The van der Waals surface area contributed by atoms with Gasteiger partial charge in [-0.25, -0.2) is 0 Å². The quantitative estimate of drug-likeness (QED) is 0.682. The number of carbonyl (C=O) groups is 2. The van der Waals surface area contributed by atoms with Crippen molar-refractivity contribution < 1.29 is 14.3 Å². The lowest BCUT2D eigenvalue weighted by atomic mass is 10.2. The van der Waals surface area contributed by atoms with Gasteiger partial charge in [-0.05, 0) is 47.1 Å². The van der Waals surface area contributed by atoms with Crippen LogP contribution in [0.1, 0.15) is 40.5 Å². The van der Waals surface area contributed by atoms with E-state index in [1.165, 1.54) is 0 Å². The molecule has 1 fully saturated rings. The number of likely N-dealkylation sites (N-methyl/N-ethyl adjacent to an activating group) is 1. The lowest BCUT2D eigenvalue weighted by Crippen LogP contribution is -2.51. The molecule has 0 saturated carbocycles. The van der Waals surface area contributed by atoms with E-state index >= 15 is 0 Å². The van der Waals surface area contributed by atoms with Crippen molar-refractivity contribution >= 4 is 11.9 Å². The molecule has 110 valence electrons. The summed E-state index contributed by atoms with van der Waals surface area (Å²) in [5.41, 5.74) is 0. The molecule has 0 N–H and O–H groups in total. The first-order valence-electron chi connectivity index (χ1n) is 7.27.